The number of piperidine rings is 1. The van der Waals surface area contributed by atoms with Gasteiger partial charge in [0.05, 0.1) is 0 Å². The number of nitrogens with zero attached hydrogens (tertiary/aromatic N) is 1. The first kappa shape index (κ1) is 22.5. The summed E-state index contributed by atoms with van der Waals surface area (Å²) in [5.41, 5.74) is 1.90. The normalized spacial score (nSPS) is 14.2. The number of carbonyl (C=O) groups is 3. The molecule has 3 amide bonds. The van der Waals surface area contributed by atoms with E-state index in [9.17, 15) is 14.4 Å². The topological polar surface area (TPSA) is 87.7 Å². The maximum absolute atomic E-state index is 13.1. The van der Waals surface area contributed by atoms with Crippen LogP contribution >= 0.6 is 0 Å². The maximum atomic E-state index is 13.1. The van der Waals surface area contributed by atoms with Crippen molar-refractivity contribution in [3.8, 4) is 0 Å². The quantitative estimate of drug-likeness (QED) is 0.602. The van der Waals surface area contributed by atoms with E-state index in [1.54, 1.807) is 24.3 Å². The third kappa shape index (κ3) is 5.38. The highest BCUT2D eigenvalue weighted by atomic mass is 16.5. The van der Waals surface area contributed by atoms with Crippen LogP contribution in [0.4, 0.5) is 11.4 Å². The molecule has 0 unspecified atom stereocenters. The van der Waals surface area contributed by atoms with Gasteiger partial charge in [0.2, 0.25) is 11.8 Å². The Morgan fingerprint density at radius 3 is 2.33 bits per heavy atom. The third-order valence-electron chi connectivity index (χ3n) is 5.86. The van der Waals surface area contributed by atoms with Crippen LogP contribution in [0, 0.1) is 5.92 Å². The highest BCUT2D eigenvalue weighted by Gasteiger charge is 2.28. The van der Waals surface area contributed by atoms with Crippen molar-refractivity contribution in [3.63, 3.8) is 0 Å². The summed E-state index contributed by atoms with van der Waals surface area (Å²) in [4.78, 5) is 39.5. The Labute approximate surface area is 192 Å². The Kier molecular flexibility index (Phi) is 7.00. The van der Waals surface area contributed by atoms with E-state index >= 15 is 0 Å². The van der Waals surface area contributed by atoms with E-state index in [1.807, 2.05) is 47.4 Å². The number of anilines is 2. The van der Waals surface area contributed by atoms with Gasteiger partial charge in [-0.05, 0) is 47.9 Å². The smallest absolute Gasteiger partial charge is 0.254 e. The molecule has 2 N–H and O–H groups in total. The molecule has 33 heavy (non-hydrogen) atoms. The number of ether oxygens (including phenoxy) is 1. The molecular weight excluding hydrogens is 418 g/mol. The van der Waals surface area contributed by atoms with Crippen LogP contribution in [-0.2, 0) is 14.3 Å². The summed E-state index contributed by atoms with van der Waals surface area (Å²) in [6.07, 6.45) is 1.21. The van der Waals surface area contributed by atoms with Gasteiger partial charge in [-0.1, -0.05) is 42.5 Å². The highest BCUT2D eigenvalue weighted by Crippen LogP contribution is 2.25. The molecule has 1 aliphatic heterocycles. The van der Waals surface area contributed by atoms with E-state index in [4.69, 9.17) is 4.74 Å². The molecule has 1 heterocycles. The van der Waals surface area contributed by atoms with Crippen molar-refractivity contribution >= 4 is 39.9 Å². The molecule has 7 nitrogen and oxygen atoms in total. The maximum Gasteiger partial charge on any atom is 0.254 e. The highest BCUT2D eigenvalue weighted by molar-refractivity contribution is 6.07. The van der Waals surface area contributed by atoms with Crippen molar-refractivity contribution in [2.75, 3.05) is 37.4 Å². The fourth-order valence-corrected chi connectivity index (χ4v) is 4.17. The first-order valence-corrected chi connectivity index (χ1v) is 11.0. The second-order valence-electron chi connectivity index (χ2n) is 8.14. The van der Waals surface area contributed by atoms with E-state index in [0.29, 0.717) is 42.9 Å². The van der Waals surface area contributed by atoms with Gasteiger partial charge in [0.25, 0.3) is 5.91 Å². The minimum atomic E-state index is -0.260. The summed E-state index contributed by atoms with van der Waals surface area (Å²) in [5, 5.41) is 7.64. The van der Waals surface area contributed by atoms with Gasteiger partial charge in [-0.2, -0.15) is 0 Å². The molecule has 0 bridgehead atoms. The predicted octanol–water partition coefficient (Wildman–Crippen LogP) is 3.92. The molecule has 0 radical (unpaired) electrons. The first-order valence-electron chi connectivity index (χ1n) is 11.0. The van der Waals surface area contributed by atoms with Crippen molar-refractivity contribution in [1.29, 1.82) is 0 Å². The third-order valence-corrected chi connectivity index (χ3v) is 5.86. The number of rotatable bonds is 6. The van der Waals surface area contributed by atoms with E-state index in [1.165, 1.54) is 7.11 Å². The molecule has 3 aromatic rings. The van der Waals surface area contributed by atoms with Crippen molar-refractivity contribution < 1.29 is 19.1 Å². The Morgan fingerprint density at radius 1 is 0.909 bits per heavy atom. The summed E-state index contributed by atoms with van der Waals surface area (Å²) in [5.74, 6) is -0.504. The molecule has 0 saturated carbocycles. The molecule has 0 atom stereocenters. The van der Waals surface area contributed by atoms with Crippen molar-refractivity contribution in [2.24, 2.45) is 5.92 Å². The molecule has 1 saturated heterocycles. The number of hydrogen-bond acceptors (Lipinski definition) is 4. The van der Waals surface area contributed by atoms with Gasteiger partial charge in [-0.3, -0.25) is 14.4 Å². The van der Waals surface area contributed by atoms with Crippen molar-refractivity contribution in [1.82, 2.24) is 4.90 Å². The zero-order chi connectivity index (χ0) is 23.2. The SMILES string of the molecule is COCC(=O)Nc1cccc(NC(=O)C2CCN(C(=O)c3cccc4ccccc34)CC2)c1. The Hall–Kier alpha value is -3.71. The zero-order valence-electron chi connectivity index (χ0n) is 18.5. The molecule has 0 aliphatic carbocycles. The molecule has 170 valence electrons. The van der Waals surface area contributed by atoms with Crippen LogP contribution < -0.4 is 10.6 Å². The van der Waals surface area contributed by atoms with Crippen LogP contribution in [-0.4, -0.2) is 49.4 Å². The molecule has 0 spiro atoms. The summed E-state index contributed by atoms with van der Waals surface area (Å²) in [6, 6.07) is 20.6. The van der Waals surface area contributed by atoms with E-state index in [-0.39, 0.29) is 30.2 Å². The van der Waals surface area contributed by atoms with E-state index in [0.717, 1.165) is 10.8 Å². The fraction of sp³-hybridized carbons (Fsp3) is 0.269. The summed E-state index contributed by atoms with van der Waals surface area (Å²) < 4.78 is 4.81. The molecule has 3 aromatic carbocycles. The van der Waals surface area contributed by atoms with Crippen LogP contribution in [0.1, 0.15) is 23.2 Å². The van der Waals surface area contributed by atoms with Crippen LogP contribution in [0.25, 0.3) is 10.8 Å². The Morgan fingerprint density at radius 2 is 1.58 bits per heavy atom. The molecule has 0 aromatic heterocycles. The summed E-state index contributed by atoms with van der Waals surface area (Å²) in [6.45, 7) is 1.03. The number of amides is 3. The number of hydrogen-bond donors (Lipinski definition) is 2. The summed E-state index contributed by atoms with van der Waals surface area (Å²) >= 11 is 0. The second-order valence-corrected chi connectivity index (χ2v) is 8.14. The number of likely N-dealkylation sites (tertiary alicyclic amines) is 1. The lowest BCUT2D eigenvalue weighted by molar-refractivity contribution is -0.121. The minimum absolute atomic E-state index is 0.00478. The second kappa shape index (κ2) is 10.3. The lowest BCUT2D eigenvalue weighted by Crippen LogP contribution is -2.41. The number of fused-ring (bicyclic) bond motifs is 1. The van der Waals surface area contributed by atoms with Crippen LogP contribution in [0.5, 0.6) is 0 Å². The van der Waals surface area contributed by atoms with Gasteiger partial charge in [-0.25, -0.2) is 0 Å². The fourth-order valence-electron chi connectivity index (χ4n) is 4.17. The monoisotopic (exact) mass is 445 g/mol. The molecule has 7 heteroatoms. The van der Waals surface area contributed by atoms with Gasteiger partial charge in [0.1, 0.15) is 6.61 Å². The van der Waals surface area contributed by atoms with Crippen molar-refractivity contribution in [3.05, 3.63) is 72.3 Å². The largest absolute Gasteiger partial charge is 0.375 e. The lowest BCUT2D eigenvalue weighted by Gasteiger charge is -2.31. The zero-order valence-corrected chi connectivity index (χ0v) is 18.5. The number of methoxy groups -OCH3 is 1. The minimum Gasteiger partial charge on any atom is -0.375 e. The van der Waals surface area contributed by atoms with Crippen LogP contribution in [0.15, 0.2) is 66.7 Å². The molecule has 1 fully saturated rings. The number of carbonyl (C=O) groups excluding carboxylic acids is 3. The Balaban J connectivity index is 1.35. The standard InChI is InChI=1S/C26H27N3O4/c1-33-17-24(30)27-20-8-5-9-21(16-20)28-25(31)19-12-14-29(15-13-19)26(32)23-11-4-7-18-6-2-3-10-22(18)23/h2-11,16,19H,12-15,17H2,1H3,(H,27,30)(H,28,31). The van der Waals surface area contributed by atoms with Gasteiger partial charge >= 0.3 is 0 Å². The summed E-state index contributed by atoms with van der Waals surface area (Å²) in [7, 11) is 1.46. The van der Waals surface area contributed by atoms with Crippen molar-refractivity contribution in [2.45, 2.75) is 12.8 Å². The molecule has 4 rings (SSSR count). The van der Waals surface area contributed by atoms with Gasteiger partial charge in [-0.15, -0.1) is 0 Å². The Bertz CT molecular complexity index is 1160. The molecular formula is C26H27N3O4. The number of nitrogens with one attached hydrogen (secondary N) is 2. The van der Waals surface area contributed by atoms with Crippen LogP contribution in [0.2, 0.25) is 0 Å². The number of benzene rings is 3. The van der Waals surface area contributed by atoms with E-state index in [2.05, 4.69) is 10.6 Å². The average Bonchev–Trinajstić information content (AvgIpc) is 2.83. The van der Waals surface area contributed by atoms with Crippen LogP contribution in [0.3, 0.4) is 0 Å². The van der Waals surface area contributed by atoms with Gasteiger partial charge < -0.3 is 20.3 Å². The predicted molar refractivity (Wildman–Crippen MR) is 128 cm³/mol. The van der Waals surface area contributed by atoms with E-state index < -0.39 is 0 Å². The lowest BCUT2D eigenvalue weighted by atomic mass is 9.94. The van der Waals surface area contributed by atoms with Gasteiger partial charge in [0, 0.05) is 43.1 Å². The molecule has 1 aliphatic rings. The first-order chi connectivity index (χ1) is 16.0. The average molecular weight is 446 g/mol. The van der Waals surface area contributed by atoms with Gasteiger partial charge in [0.15, 0.2) is 0 Å².